The monoisotopic (exact) mass is 414 g/mol. The number of ether oxygens (including phenoxy) is 3. The normalized spacial score (nSPS) is 10.3. The van der Waals surface area contributed by atoms with Gasteiger partial charge in [-0.2, -0.15) is 0 Å². The van der Waals surface area contributed by atoms with Crippen molar-refractivity contribution in [2.24, 2.45) is 0 Å². The molecule has 0 radical (unpaired) electrons. The predicted octanol–water partition coefficient (Wildman–Crippen LogP) is 3.27. The van der Waals surface area contributed by atoms with Gasteiger partial charge in [0, 0.05) is 26.2 Å². The molecule has 0 atom stereocenters. The molecule has 1 N–H and O–H groups in total. The molecule has 0 heterocycles. The Labute approximate surface area is 177 Å². The summed E-state index contributed by atoms with van der Waals surface area (Å²) in [5.41, 5.74) is 1.41. The molecule has 0 saturated heterocycles. The first-order valence-electron chi connectivity index (χ1n) is 9.95. The van der Waals surface area contributed by atoms with Crippen molar-refractivity contribution in [3.63, 3.8) is 0 Å². The van der Waals surface area contributed by atoms with E-state index < -0.39 is 0 Å². The number of nitrogens with one attached hydrogen (secondary N) is 1. The van der Waals surface area contributed by atoms with Crippen molar-refractivity contribution in [1.29, 1.82) is 0 Å². The lowest BCUT2D eigenvalue weighted by molar-refractivity contribution is -0.130. The van der Waals surface area contributed by atoms with E-state index in [1.54, 1.807) is 50.5 Å². The molecule has 2 aromatic rings. The Balaban J connectivity index is 1.91. The predicted molar refractivity (Wildman–Crippen MR) is 115 cm³/mol. The van der Waals surface area contributed by atoms with E-state index in [0.29, 0.717) is 30.2 Å². The minimum atomic E-state index is -0.175. The second-order valence-corrected chi connectivity index (χ2v) is 6.97. The van der Waals surface area contributed by atoms with Crippen LogP contribution in [0.4, 0.5) is 0 Å². The number of amides is 2. The van der Waals surface area contributed by atoms with Gasteiger partial charge in [-0.15, -0.1) is 0 Å². The van der Waals surface area contributed by atoms with E-state index in [2.05, 4.69) is 12.2 Å². The molecule has 162 valence electrons. The van der Waals surface area contributed by atoms with Crippen LogP contribution < -0.4 is 19.5 Å². The van der Waals surface area contributed by atoms with Crippen molar-refractivity contribution >= 4 is 11.8 Å². The summed E-state index contributed by atoms with van der Waals surface area (Å²) < 4.78 is 16.5. The SMILES string of the molecule is CCCCOc1ccc(C(=O)NCc2ccc(OCC(=O)N(C)C)c(OC)c2)cc1. The van der Waals surface area contributed by atoms with Crippen LogP contribution in [0.25, 0.3) is 0 Å². The van der Waals surface area contributed by atoms with Crippen LogP contribution in [0.3, 0.4) is 0 Å². The third kappa shape index (κ3) is 6.99. The van der Waals surface area contributed by atoms with E-state index in [0.717, 1.165) is 24.2 Å². The largest absolute Gasteiger partial charge is 0.494 e. The second kappa shape index (κ2) is 11.7. The third-order valence-electron chi connectivity index (χ3n) is 4.41. The number of benzene rings is 2. The van der Waals surface area contributed by atoms with Gasteiger partial charge >= 0.3 is 0 Å². The molecule has 0 spiro atoms. The van der Waals surface area contributed by atoms with E-state index >= 15 is 0 Å². The maximum absolute atomic E-state index is 12.4. The number of methoxy groups -OCH3 is 1. The number of rotatable bonds is 11. The molecule has 0 saturated carbocycles. The van der Waals surface area contributed by atoms with Gasteiger partial charge in [-0.05, 0) is 48.4 Å². The van der Waals surface area contributed by atoms with Gasteiger partial charge in [-0.25, -0.2) is 0 Å². The van der Waals surface area contributed by atoms with Gasteiger partial charge in [0.2, 0.25) is 0 Å². The first-order chi connectivity index (χ1) is 14.4. The average Bonchev–Trinajstić information content (AvgIpc) is 2.76. The summed E-state index contributed by atoms with van der Waals surface area (Å²) in [6.45, 7) is 3.05. The van der Waals surface area contributed by atoms with Crippen LogP contribution in [0.5, 0.6) is 17.2 Å². The molecule has 2 aromatic carbocycles. The molecule has 30 heavy (non-hydrogen) atoms. The van der Waals surface area contributed by atoms with E-state index in [-0.39, 0.29) is 18.4 Å². The molecule has 7 nitrogen and oxygen atoms in total. The van der Waals surface area contributed by atoms with Crippen LogP contribution in [0.2, 0.25) is 0 Å². The van der Waals surface area contributed by atoms with Crippen LogP contribution in [0.15, 0.2) is 42.5 Å². The van der Waals surface area contributed by atoms with Crippen LogP contribution in [0, 0.1) is 0 Å². The molecule has 0 aliphatic carbocycles. The summed E-state index contributed by atoms with van der Waals surface area (Å²) in [7, 11) is 4.87. The smallest absolute Gasteiger partial charge is 0.259 e. The van der Waals surface area contributed by atoms with Gasteiger partial charge in [0.1, 0.15) is 5.75 Å². The molecule has 0 fully saturated rings. The molecule has 2 amide bonds. The lowest BCUT2D eigenvalue weighted by atomic mass is 10.1. The molecule has 0 aliphatic rings. The van der Waals surface area contributed by atoms with Gasteiger partial charge in [-0.3, -0.25) is 9.59 Å². The number of nitrogens with zero attached hydrogens (tertiary/aromatic N) is 1. The summed E-state index contributed by atoms with van der Waals surface area (Å²) in [5, 5.41) is 2.89. The Hall–Kier alpha value is -3.22. The Morgan fingerprint density at radius 2 is 1.73 bits per heavy atom. The highest BCUT2D eigenvalue weighted by atomic mass is 16.5. The number of hydrogen-bond acceptors (Lipinski definition) is 5. The zero-order valence-corrected chi connectivity index (χ0v) is 18.1. The number of unbranched alkanes of at least 4 members (excludes halogenated alkanes) is 1. The molecular formula is C23H30N2O5. The summed E-state index contributed by atoms with van der Waals surface area (Å²) in [6.07, 6.45) is 2.08. The van der Waals surface area contributed by atoms with Crippen LogP contribution >= 0.6 is 0 Å². The van der Waals surface area contributed by atoms with E-state index in [4.69, 9.17) is 14.2 Å². The lowest BCUT2D eigenvalue weighted by Crippen LogP contribution is -2.27. The van der Waals surface area contributed by atoms with Crippen molar-refractivity contribution in [2.75, 3.05) is 34.4 Å². The minimum Gasteiger partial charge on any atom is -0.494 e. The van der Waals surface area contributed by atoms with Crippen LogP contribution in [-0.2, 0) is 11.3 Å². The zero-order chi connectivity index (χ0) is 21.9. The van der Waals surface area contributed by atoms with Crippen LogP contribution in [-0.4, -0.2) is 51.1 Å². The summed E-state index contributed by atoms with van der Waals surface area (Å²) in [5.74, 6) is 1.41. The highest BCUT2D eigenvalue weighted by Gasteiger charge is 2.11. The third-order valence-corrected chi connectivity index (χ3v) is 4.41. The summed E-state index contributed by atoms with van der Waals surface area (Å²) in [6, 6.07) is 12.4. The van der Waals surface area contributed by atoms with E-state index in [9.17, 15) is 9.59 Å². The summed E-state index contributed by atoms with van der Waals surface area (Å²) >= 11 is 0. The maximum Gasteiger partial charge on any atom is 0.259 e. The highest BCUT2D eigenvalue weighted by Crippen LogP contribution is 2.28. The van der Waals surface area contributed by atoms with Gasteiger partial charge in [0.15, 0.2) is 18.1 Å². The number of likely N-dealkylation sites (N-methyl/N-ethyl adjacent to an activating group) is 1. The number of carbonyl (C=O) groups excluding carboxylic acids is 2. The maximum atomic E-state index is 12.4. The van der Waals surface area contributed by atoms with Crippen LogP contribution in [0.1, 0.15) is 35.7 Å². The Bertz CT molecular complexity index is 834. The van der Waals surface area contributed by atoms with Crippen molar-refractivity contribution in [3.05, 3.63) is 53.6 Å². The Morgan fingerprint density at radius 1 is 1.00 bits per heavy atom. The van der Waals surface area contributed by atoms with Crippen molar-refractivity contribution < 1.29 is 23.8 Å². The van der Waals surface area contributed by atoms with Gasteiger partial charge < -0.3 is 24.4 Å². The minimum absolute atomic E-state index is 0.0718. The highest BCUT2D eigenvalue weighted by molar-refractivity contribution is 5.94. The number of carbonyl (C=O) groups is 2. The van der Waals surface area contributed by atoms with Crippen molar-refractivity contribution in [3.8, 4) is 17.2 Å². The fraction of sp³-hybridized carbons (Fsp3) is 0.391. The zero-order valence-electron chi connectivity index (χ0n) is 18.1. The molecular weight excluding hydrogens is 384 g/mol. The Morgan fingerprint density at radius 3 is 2.37 bits per heavy atom. The van der Waals surface area contributed by atoms with E-state index in [1.165, 1.54) is 12.0 Å². The molecule has 0 aliphatic heterocycles. The summed E-state index contributed by atoms with van der Waals surface area (Å²) in [4.78, 5) is 25.5. The molecule has 0 bridgehead atoms. The fourth-order valence-corrected chi connectivity index (χ4v) is 2.53. The standard InChI is InChI=1S/C23H30N2O5/c1-5-6-13-29-19-10-8-18(9-11-19)23(27)24-15-17-7-12-20(21(14-17)28-4)30-16-22(26)25(2)3/h7-12,14H,5-6,13,15-16H2,1-4H3,(H,24,27). The average molecular weight is 415 g/mol. The first-order valence-corrected chi connectivity index (χ1v) is 9.95. The lowest BCUT2D eigenvalue weighted by Gasteiger charge is -2.14. The Kier molecular flexibility index (Phi) is 9.00. The van der Waals surface area contributed by atoms with Crippen molar-refractivity contribution in [1.82, 2.24) is 10.2 Å². The number of hydrogen-bond donors (Lipinski definition) is 1. The molecule has 0 aromatic heterocycles. The quantitative estimate of drug-likeness (QED) is 0.571. The van der Waals surface area contributed by atoms with Gasteiger partial charge in [0.25, 0.3) is 11.8 Å². The van der Waals surface area contributed by atoms with E-state index in [1.807, 2.05) is 6.07 Å². The fourth-order valence-electron chi connectivity index (χ4n) is 2.53. The topological polar surface area (TPSA) is 77.1 Å². The molecule has 0 unspecified atom stereocenters. The molecule has 7 heteroatoms. The second-order valence-electron chi connectivity index (χ2n) is 6.97. The van der Waals surface area contributed by atoms with Crippen molar-refractivity contribution in [2.45, 2.75) is 26.3 Å². The van der Waals surface area contributed by atoms with Gasteiger partial charge in [0.05, 0.1) is 13.7 Å². The first kappa shape index (κ1) is 23.1. The van der Waals surface area contributed by atoms with Gasteiger partial charge in [-0.1, -0.05) is 19.4 Å². The molecule has 2 rings (SSSR count).